The Morgan fingerprint density at radius 3 is 2.48 bits per heavy atom. The van der Waals surface area contributed by atoms with E-state index in [0.29, 0.717) is 24.4 Å². The van der Waals surface area contributed by atoms with Crippen molar-refractivity contribution >= 4 is 11.8 Å². The quantitative estimate of drug-likeness (QED) is 0.750. The van der Waals surface area contributed by atoms with Gasteiger partial charge in [0.25, 0.3) is 5.91 Å². The molecule has 2 N–H and O–H groups in total. The molecule has 21 heavy (non-hydrogen) atoms. The van der Waals surface area contributed by atoms with Crippen LogP contribution in [0.2, 0.25) is 0 Å². The minimum absolute atomic E-state index is 0.142. The van der Waals surface area contributed by atoms with Crippen LogP contribution in [0.15, 0.2) is 0 Å². The molecule has 1 saturated heterocycles. The Morgan fingerprint density at radius 1 is 1.19 bits per heavy atom. The fourth-order valence-electron chi connectivity index (χ4n) is 3.59. The molecular weight excluding hydrogens is 266 g/mol. The molecule has 0 unspecified atom stereocenters. The van der Waals surface area contributed by atoms with Gasteiger partial charge in [-0.3, -0.25) is 9.59 Å². The van der Waals surface area contributed by atoms with Gasteiger partial charge < -0.3 is 15.1 Å². The first-order valence-corrected chi connectivity index (χ1v) is 8.36. The van der Waals surface area contributed by atoms with Crippen LogP contribution in [0.5, 0.6) is 0 Å². The van der Waals surface area contributed by atoms with Crippen molar-refractivity contribution < 1.29 is 14.5 Å². The van der Waals surface area contributed by atoms with Crippen LogP contribution in [-0.4, -0.2) is 55.5 Å². The number of quaternary nitrogens is 1. The van der Waals surface area contributed by atoms with Gasteiger partial charge >= 0.3 is 0 Å². The molecule has 1 heterocycles. The molecule has 0 aromatic rings. The lowest BCUT2D eigenvalue weighted by Gasteiger charge is -2.35. The molecule has 2 rings (SSSR count). The monoisotopic (exact) mass is 296 g/mol. The Labute approximate surface area is 128 Å². The Hall–Kier alpha value is -1.10. The van der Waals surface area contributed by atoms with E-state index in [1.807, 2.05) is 4.90 Å². The molecule has 0 spiro atoms. The summed E-state index contributed by atoms with van der Waals surface area (Å²) in [4.78, 5) is 26.7. The SMILES string of the molecule is CC(=O)N1CC[NH+](CC(=O)N[C@@H]2CCC[C@H](C)[C@H]2C)CC1. The van der Waals surface area contributed by atoms with Gasteiger partial charge in [0.05, 0.1) is 26.2 Å². The predicted molar refractivity (Wildman–Crippen MR) is 81.9 cm³/mol. The van der Waals surface area contributed by atoms with Gasteiger partial charge in [-0.25, -0.2) is 0 Å². The fraction of sp³-hybridized carbons (Fsp3) is 0.875. The maximum Gasteiger partial charge on any atom is 0.275 e. The minimum atomic E-state index is 0.142. The minimum Gasteiger partial charge on any atom is -0.348 e. The van der Waals surface area contributed by atoms with E-state index in [1.165, 1.54) is 17.7 Å². The van der Waals surface area contributed by atoms with Crippen molar-refractivity contribution in [2.24, 2.45) is 11.8 Å². The van der Waals surface area contributed by atoms with E-state index in [9.17, 15) is 9.59 Å². The molecular formula is C16H30N3O2+. The largest absolute Gasteiger partial charge is 0.348 e. The van der Waals surface area contributed by atoms with E-state index >= 15 is 0 Å². The van der Waals surface area contributed by atoms with Gasteiger partial charge in [0.2, 0.25) is 5.91 Å². The van der Waals surface area contributed by atoms with Crippen LogP contribution in [0.4, 0.5) is 0 Å². The molecule has 0 radical (unpaired) electrons. The van der Waals surface area contributed by atoms with Gasteiger partial charge in [0.1, 0.15) is 0 Å². The summed E-state index contributed by atoms with van der Waals surface area (Å²) < 4.78 is 0. The van der Waals surface area contributed by atoms with Crippen molar-refractivity contribution in [3.63, 3.8) is 0 Å². The molecule has 2 aliphatic rings. The van der Waals surface area contributed by atoms with Crippen LogP contribution >= 0.6 is 0 Å². The van der Waals surface area contributed by atoms with Crippen molar-refractivity contribution in [1.82, 2.24) is 10.2 Å². The van der Waals surface area contributed by atoms with Crippen molar-refractivity contribution in [3.05, 3.63) is 0 Å². The van der Waals surface area contributed by atoms with Gasteiger partial charge in [-0.05, 0) is 18.3 Å². The molecule has 0 aromatic heterocycles. The molecule has 5 heteroatoms. The molecule has 1 saturated carbocycles. The Morgan fingerprint density at radius 2 is 1.86 bits per heavy atom. The maximum absolute atomic E-state index is 12.2. The highest BCUT2D eigenvalue weighted by Crippen LogP contribution is 2.29. The number of piperazine rings is 1. The van der Waals surface area contributed by atoms with Crippen LogP contribution in [-0.2, 0) is 9.59 Å². The zero-order chi connectivity index (χ0) is 15.4. The summed E-state index contributed by atoms with van der Waals surface area (Å²) in [6, 6.07) is 0.346. The second kappa shape index (κ2) is 7.25. The number of hydrogen-bond acceptors (Lipinski definition) is 2. The van der Waals surface area contributed by atoms with Gasteiger partial charge in [-0.1, -0.05) is 26.7 Å². The Bertz CT molecular complexity index is 378. The Balaban J connectivity index is 1.74. The predicted octanol–water partition coefficient (Wildman–Crippen LogP) is -0.326. The summed E-state index contributed by atoms with van der Waals surface area (Å²) in [5, 5.41) is 3.24. The lowest BCUT2D eigenvalue weighted by Crippen LogP contribution is -3.15. The van der Waals surface area contributed by atoms with Crippen molar-refractivity contribution in [3.8, 4) is 0 Å². The molecule has 1 aliphatic carbocycles. The van der Waals surface area contributed by atoms with E-state index in [2.05, 4.69) is 19.2 Å². The third kappa shape index (κ3) is 4.43. The second-order valence-electron chi connectivity index (χ2n) is 6.87. The van der Waals surface area contributed by atoms with Crippen molar-refractivity contribution in [2.75, 3.05) is 32.7 Å². The number of rotatable bonds is 3. The lowest BCUT2D eigenvalue weighted by atomic mass is 9.78. The first-order chi connectivity index (χ1) is 9.97. The van der Waals surface area contributed by atoms with E-state index < -0.39 is 0 Å². The number of hydrogen-bond donors (Lipinski definition) is 2. The molecule has 1 aliphatic heterocycles. The normalized spacial score (nSPS) is 31.0. The van der Waals surface area contributed by atoms with Crippen LogP contribution in [0, 0.1) is 11.8 Å². The third-order valence-electron chi connectivity index (χ3n) is 5.38. The van der Waals surface area contributed by atoms with E-state index in [-0.39, 0.29) is 11.8 Å². The standard InChI is InChI=1S/C16H29N3O2/c1-12-5-4-6-15(13(12)2)17-16(21)11-18-7-9-19(10-8-18)14(3)20/h12-13,15H,4-11H2,1-3H3,(H,17,21)/p+1/t12-,13+,15+/m0/s1. The van der Waals surface area contributed by atoms with Crippen molar-refractivity contribution in [2.45, 2.75) is 46.1 Å². The zero-order valence-electron chi connectivity index (χ0n) is 13.7. The number of carbonyl (C=O) groups is 2. The molecule has 2 fully saturated rings. The van der Waals surface area contributed by atoms with Crippen LogP contribution in [0.1, 0.15) is 40.0 Å². The average Bonchev–Trinajstić information content (AvgIpc) is 2.44. The molecule has 3 atom stereocenters. The van der Waals surface area contributed by atoms with Crippen LogP contribution in [0.25, 0.3) is 0 Å². The molecule has 120 valence electrons. The lowest BCUT2D eigenvalue weighted by molar-refractivity contribution is -0.896. The van der Waals surface area contributed by atoms with E-state index in [1.54, 1.807) is 6.92 Å². The maximum atomic E-state index is 12.2. The average molecular weight is 296 g/mol. The Kier molecular flexibility index (Phi) is 5.62. The summed E-state index contributed by atoms with van der Waals surface area (Å²) >= 11 is 0. The first-order valence-electron chi connectivity index (χ1n) is 8.36. The molecule has 0 aromatic carbocycles. The topological polar surface area (TPSA) is 53.9 Å². The highest BCUT2D eigenvalue weighted by molar-refractivity contribution is 5.77. The first kappa shape index (κ1) is 16.3. The highest BCUT2D eigenvalue weighted by atomic mass is 16.2. The second-order valence-corrected chi connectivity index (χ2v) is 6.87. The smallest absolute Gasteiger partial charge is 0.275 e. The van der Waals surface area contributed by atoms with E-state index in [0.717, 1.165) is 32.6 Å². The van der Waals surface area contributed by atoms with Gasteiger partial charge in [0, 0.05) is 13.0 Å². The third-order valence-corrected chi connectivity index (χ3v) is 5.38. The zero-order valence-corrected chi connectivity index (χ0v) is 13.7. The van der Waals surface area contributed by atoms with E-state index in [4.69, 9.17) is 0 Å². The molecule has 0 bridgehead atoms. The number of nitrogens with one attached hydrogen (secondary N) is 2. The molecule has 2 amide bonds. The van der Waals surface area contributed by atoms with Crippen LogP contribution in [0.3, 0.4) is 0 Å². The van der Waals surface area contributed by atoms with Crippen LogP contribution < -0.4 is 10.2 Å². The summed E-state index contributed by atoms with van der Waals surface area (Å²) in [6.45, 7) is 10.0. The highest BCUT2D eigenvalue weighted by Gasteiger charge is 2.29. The number of amides is 2. The fourth-order valence-corrected chi connectivity index (χ4v) is 3.59. The van der Waals surface area contributed by atoms with Crippen molar-refractivity contribution in [1.29, 1.82) is 0 Å². The summed E-state index contributed by atoms with van der Waals surface area (Å²) in [7, 11) is 0. The summed E-state index contributed by atoms with van der Waals surface area (Å²) in [5.41, 5.74) is 0. The summed E-state index contributed by atoms with van der Waals surface area (Å²) in [6.07, 6.45) is 3.62. The van der Waals surface area contributed by atoms with Gasteiger partial charge in [-0.15, -0.1) is 0 Å². The molecule has 5 nitrogen and oxygen atoms in total. The van der Waals surface area contributed by atoms with Gasteiger partial charge in [-0.2, -0.15) is 0 Å². The number of nitrogens with zero attached hydrogens (tertiary/aromatic N) is 1. The summed E-state index contributed by atoms with van der Waals surface area (Å²) in [5.74, 6) is 1.60. The number of carbonyl (C=O) groups excluding carboxylic acids is 2. The van der Waals surface area contributed by atoms with Gasteiger partial charge in [0.15, 0.2) is 6.54 Å².